The van der Waals surface area contributed by atoms with E-state index in [0.717, 1.165) is 4.47 Å². The number of hydrogen-bond donors (Lipinski definition) is 1. The fraction of sp³-hybridized carbons (Fsp3) is 0.364. The molecule has 2 rings (SSSR count). The van der Waals surface area contributed by atoms with Crippen molar-refractivity contribution in [3.05, 3.63) is 33.5 Å². The van der Waals surface area contributed by atoms with Crippen LogP contribution in [-0.4, -0.2) is 11.1 Å². The van der Waals surface area contributed by atoms with Crippen LogP contribution >= 0.6 is 15.9 Å². The van der Waals surface area contributed by atoms with E-state index in [1.54, 1.807) is 13.0 Å². The second kappa shape index (κ2) is 3.30. The van der Waals surface area contributed by atoms with Crippen molar-refractivity contribution in [2.75, 3.05) is 0 Å². The second-order valence-corrected chi connectivity index (χ2v) is 4.77. The lowest BCUT2D eigenvalue weighted by atomic mass is 9.91. The molecule has 0 saturated heterocycles. The van der Waals surface area contributed by atoms with Crippen LogP contribution < -0.4 is 0 Å². The first-order chi connectivity index (χ1) is 6.99. The van der Waals surface area contributed by atoms with Crippen molar-refractivity contribution in [1.29, 1.82) is 0 Å². The van der Waals surface area contributed by atoms with Gasteiger partial charge in [-0.05, 0) is 37.5 Å². The first-order valence-electron chi connectivity index (χ1n) is 4.67. The predicted octanol–water partition coefficient (Wildman–Crippen LogP) is 3.01. The molecular weight excluding hydrogens is 263 g/mol. The van der Waals surface area contributed by atoms with Gasteiger partial charge in [0, 0.05) is 10.0 Å². The van der Waals surface area contributed by atoms with Crippen LogP contribution in [0, 0.1) is 12.7 Å². The third-order valence-electron chi connectivity index (χ3n) is 2.99. The number of benzene rings is 1. The third kappa shape index (κ3) is 1.47. The molecule has 4 heteroatoms. The summed E-state index contributed by atoms with van der Waals surface area (Å²) in [6.45, 7) is 1.74. The standard InChI is InChI=1S/C11H10BrFO2/c1-6-7(12)2-3-8(13)9(6)11(4-5-11)10(14)15/h2-3H,4-5H2,1H3,(H,14,15). The van der Waals surface area contributed by atoms with E-state index in [-0.39, 0.29) is 0 Å². The number of halogens is 2. The summed E-state index contributed by atoms with van der Waals surface area (Å²) in [7, 11) is 0. The molecule has 1 N–H and O–H groups in total. The van der Waals surface area contributed by atoms with Crippen LogP contribution in [0.3, 0.4) is 0 Å². The normalized spacial score (nSPS) is 17.5. The summed E-state index contributed by atoms with van der Waals surface area (Å²) in [6, 6.07) is 2.92. The van der Waals surface area contributed by atoms with Crippen molar-refractivity contribution in [3.8, 4) is 0 Å². The van der Waals surface area contributed by atoms with Gasteiger partial charge < -0.3 is 5.11 Å². The summed E-state index contributed by atoms with van der Waals surface area (Å²) < 4.78 is 14.4. The largest absolute Gasteiger partial charge is 0.481 e. The monoisotopic (exact) mass is 272 g/mol. The van der Waals surface area contributed by atoms with E-state index in [2.05, 4.69) is 15.9 Å². The van der Waals surface area contributed by atoms with Gasteiger partial charge in [-0.15, -0.1) is 0 Å². The maximum atomic E-state index is 13.6. The number of aliphatic carboxylic acids is 1. The third-order valence-corrected chi connectivity index (χ3v) is 3.85. The van der Waals surface area contributed by atoms with Crippen LogP contribution in [0.5, 0.6) is 0 Å². The molecule has 0 radical (unpaired) electrons. The predicted molar refractivity (Wildman–Crippen MR) is 57.4 cm³/mol. The Labute approximate surface area is 95.2 Å². The van der Waals surface area contributed by atoms with Crippen LogP contribution in [0.2, 0.25) is 0 Å². The Morgan fingerprint density at radius 3 is 2.60 bits per heavy atom. The molecule has 80 valence electrons. The first kappa shape index (κ1) is 10.6. The van der Waals surface area contributed by atoms with Crippen molar-refractivity contribution >= 4 is 21.9 Å². The number of hydrogen-bond acceptors (Lipinski definition) is 1. The molecule has 1 aromatic rings. The summed E-state index contributed by atoms with van der Waals surface area (Å²) in [6.07, 6.45) is 1.05. The lowest BCUT2D eigenvalue weighted by molar-refractivity contribution is -0.140. The second-order valence-electron chi connectivity index (χ2n) is 3.92. The molecular formula is C11H10BrFO2. The fourth-order valence-corrected chi connectivity index (χ4v) is 2.27. The lowest BCUT2D eigenvalue weighted by Crippen LogP contribution is -2.22. The zero-order chi connectivity index (χ0) is 11.2. The molecule has 1 aliphatic rings. The van der Waals surface area contributed by atoms with Gasteiger partial charge in [-0.3, -0.25) is 4.79 Å². The molecule has 1 fully saturated rings. The fourth-order valence-electron chi connectivity index (χ4n) is 1.94. The SMILES string of the molecule is Cc1c(Br)ccc(F)c1C1(C(=O)O)CC1. The number of carbonyl (C=O) groups is 1. The molecule has 0 aromatic heterocycles. The first-order valence-corrected chi connectivity index (χ1v) is 5.47. The van der Waals surface area contributed by atoms with Gasteiger partial charge in [0.2, 0.25) is 0 Å². The van der Waals surface area contributed by atoms with E-state index < -0.39 is 17.2 Å². The summed E-state index contributed by atoms with van der Waals surface area (Å²) in [4.78, 5) is 11.1. The highest BCUT2D eigenvalue weighted by Gasteiger charge is 2.54. The number of rotatable bonds is 2. The molecule has 0 atom stereocenters. The molecule has 1 aliphatic carbocycles. The molecule has 0 aliphatic heterocycles. The topological polar surface area (TPSA) is 37.3 Å². The molecule has 0 bridgehead atoms. The van der Waals surface area contributed by atoms with E-state index in [1.165, 1.54) is 6.07 Å². The van der Waals surface area contributed by atoms with Crippen LogP contribution in [0.1, 0.15) is 24.0 Å². The van der Waals surface area contributed by atoms with E-state index in [9.17, 15) is 9.18 Å². The van der Waals surface area contributed by atoms with Gasteiger partial charge in [0.1, 0.15) is 5.82 Å². The molecule has 0 unspecified atom stereocenters. The average Bonchev–Trinajstić information content (AvgIpc) is 2.93. The minimum absolute atomic E-state index is 0.337. The van der Waals surface area contributed by atoms with Crippen LogP contribution in [-0.2, 0) is 10.2 Å². The van der Waals surface area contributed by atoms with Crippen LogP contribution in [0.4, 0.5) is 4.39 Å². The molecule has 1 aromatic carbocycles. The van der Waals surface area contributed by atoms with E-state index >= 15 is 0 Å². The zero-order valence-electron chi connectivity index (χ0n) is 8.18. The van der Waals surface area contributed by atoms with Gasteiger partial charge in [0.25, 0.3) is 0 Å². The molecule has 1 saturated carbocycles. The highest BCUT2D eigenvalue weighted by molar-refractivity contribution is 9.10. The molecule has 0 heterocycles. The zero-order valence-corrected chi connectivity index (χ0v) is 9.77. The summed E-state index contributed by atoms with van der Waals surface area (Å²) in [5.74, 6) is -1.35. The van der Waals surface area contributed by atoms with Crippen molar-refractivity contribution < 1.29 is 14.3 Å². The maximum absolute atomic E-state index is 13.6. The Hall–Kier alpha value is -0.900. The highest BCUT2D eigenvalue weighted by Crippen LogP contribution is 2.51. The minimum Gasteiger partial charge on any atom is -0.481 e. The maximum Gasteiger partial charge on any atom is 0.314 e. The molecule has 2 nitrogen and oxygen atoms in total. The van der Waals surface area contributed by atoms with Gasteiger partial charge in [-0.2, -0.15) is 0 Å². The Morgan fingerprint density at radius 2 is 2.13 bits per heavy atom. The van der Waals surface area contributed by atoms with E-state index in [0.29, 0.717) is 24.0 Å². The summed E-state index contributed by atoms with van der Waals surface area (Å²) in [5.41, 5.74) is 0.0528. The van der Waals surface area contributed by atoms with Crippen LogP contribution in [0.15, 0.2) is 16.6 Å². The van der Waals surface area contributed by atoms with E-state index in [4.69, 9.17) is 5.11 Å². The molecule has 0 spiro atoms. The Kier molecular flexibility index (Phi) is 2.34. The summed E-state index contributed by atoms with van der Waals surface area (Å²) in [5, 5.41) is 9.11. The van der Waals surface area contributed by atoms with Gasteiger partial charge in [-0.25, -0.2) is 4.39 Å². The Bertz CT molecular complexity index is 438. The van der Waals surface area contributed by atoms with Gasteiger partial charge >= 0.3 is 5.97 Å². The van der Waals surface area contributed by atoms with E-state index in [1.807, 2.05) is 0 Å². The van der Waals surface area contributed by atoms with Crippen molar-refractivity contribution in [3.63, 3.8) is 0 Å². The molecule has 15 heavy (non-hydrogen) atoms. The van der Waals surface area contributed by atoms with Gasteiger partial charge in [-0.1, -0.05) is 15.9 Å². The highest BCUT2D eigenvalue weighted by atomic mass is 79.9. The van der Waals surface area contributed by atoms with Crippen molar-refractivity contribution in [2.24, 2.45) is 0 Å². The summed E-state index contributed by atoms with van der Waals surface area (Å²) >= 11 is 3.29. The smallest absolute Gasteiger partial charge is 0.314 e. The Morgan fingerprint density at radius 1 is 1.53 bits per heavy atom. The minimum atomic E-state index is -0.974. The lowest BCUT2D eigenvalue weighted by Gasteiger charge is -2.15. The van der Waals surface area contributed by atoms with Gasteiger partial charge in [0.15, 0.2) is 0 Å². The van der Waals surface area contributed by atoms with Crippen LogP contribution in [0.25, 0.3) is 0 Å². The quantitative estimate of drug-likeness (QED) is 0.899. The average molecular weight is 273 g/mol. The molecule has 0 amide bonds. The van der Waals surface area contributed by atoms with Crippen molar-refractivity contribution in [1.82, 2.24) is 0 Å². The number of carboxylic acid groups (broad SMARTS) is 1. The Balaban J connectivity index is 2.62. The number of carboxylic acids is 1. The van der Waals surface area contributed by atoms with Gasteiger partial charge in [0.05, 0.1) is 5.41 Å². The van der Waals surface area contributed by atoms with Crippen molar-refractivity contribution in [2.45, 2.75) is 25.2 Å².